The second-order valence-electron chi connectivity index (χ2n) is 6.01. The molecule has 2 aromatic rings. The van der Waals surface area contributed by atoms with Crippen LogP contribution in [-0.4, -0.2) is 35.8 Å². The molecule has 3 rings (SSSR count). The average molecular weight is 326 g/mol. The maximum absolute atomic E-state index is 13.1. The minimum Gasteiger partial charge on any atom is -0.325 e. The molecule has 4 nitrogen and oxygen atoms in total. The molecule has 1 heterocycles. The van der Waals surface area contributed by atoms with Crippen LogP contribution in [0.2, 0.25) is 0 Å². The minimum atomic E-state index is -0.559. The third-order valence-corrected chi connectivity index (χ3v) is 4.32. The van der Waals surface area contributed by atoms with E-state index in [4.69, 9.17) is 0 Å². The second kappa shape index (κ2) is 6.43. The fourth-order valence-corrected chi connectivity index (χ4v) is 2.97. The number of rotatable bonds is 2. The van der Waals surface area contributed by atoms with Crippen LogP contribution in [0.15, 0.2) is 48.5 Å². The molecule has 1 fully saturated rings. The monoisotopic (exact) mass is 326 g/mol. The fourth-order valence-electron chi connectivity index (χ4n) is 2.97. The summed E-state index contributed by atoms with van der Waals surface area (Å²) in [6.45, 7) is 4.49. The van der Waals surface area contributed by atoms with Gasteiger partial charge >= 0.3 is 0 Å². The molecule has 0 spiro atoms. The highest BCUT2D eigenvalue weighted by Gasteiger charge is 2.35. The van der Waals surface area contributed by atoms with Gasteiger partial charge in [-0.2, -0.15) is 0 Å². The number of piperazine rings is 1. The maximum atomic E-state index is 13.1. The smallest absolute Gasteiger partial charge is 0.254 e. The third-order valence-electron chi connectivity index (χ3n) is 4.32. The largest absolute Gasteiger partial charge is 0.325 e. The van der Waals surface area contributed by atoms with Crippen molar-refractivity contribution in [1.82, 2.24) is 4.90 Å². The van der Waals surface area contributed by atoms with Crippen molar-refractivity contribution in [2.45, 2.75) is 19.9 Å². The van der Waals surface area contributed by atoms with Crippen LogP contribution in [-0.2, 0) is 4.79 Å². The average Bonchev–Trinajstić information content (AvgIpc) is 2.58. The van der Waals surface area contributed by atoms with E-state index in [1.54, 1.807) is 34.9 Å². The van der Waals surface area contributed by atoms with E-state index < -0.39 is 6.04 Å². The van der Waals surface area contributed by atoms with E-state index in [1.807, 2.05) is 25.1 Å². The number of carbonyl (C=O) groups excluding carboxylic acids is 2. The summed E-state index contributed by atoms with van der Waals surface area (Å²) in [7, 11) is 0. The van der Waals surface area contributed by atoms with Gasteiger partial charge in [-0.1, -0.05) is 17.7 Å². The summed E-state index contributed by atoms with van der Waals surface area (Å²) < 4.78 is 13.1. The Morgan fingerprint density at radius 3 is 2.50 bits per heavy atom. The van der Waals surface area contributed by atoms with Crippen LogP contribution in [0.3, 0.4) is 0 Å². The van der Waals surface area contributed by atoms with Crippen molar-refractivity contribution in [2.75, 3.05) is 18.0 Å². The zero-order chi connectivity index (χ0) is 17.3. The molecule has 0 aromatic heterocycles. The molecule has 1 saturated heterocycles. The van der Waals surface area contributed by atoms with Gasteiger partial charge in [0, 0.05) is 24.3 Å². The lowest BCUT2D eigenvalue weighted by atomic mass is 10.1. The Bertz CT molecular complexity index is 773. The first-order chi connectivity index (χ1) is 11.5. The number of aryl methyl sites for hydroxylation is 1. The van der Waals surface area contributed by atoms with Gasteiger partial charge in [-0.05, 0) is 50.2 Å². The van der Waals surface area contributed by atoms with Crippen LogP contribution >= 0.6 is 0 Å². The number of anilines is 1. The molecule has 2 aromatic carbocycles. The molecular weight excluding hydrogens is 307 g/mol. The number of carbonyl (C=O) groups is 2. The van der Waals surface area contributed by atoms with Crippen molar-refractivity contribution in [2.24, 2.45) is 0 Å². The van der Waals surface area contributed by atoms with Crippen LogP contribution in [0.25, 0.3) is 0 Å². The topological polar surface area (TPSA) is 40.6 Å². The first kappa shape index (κ1) is 16.2. The molecule has 1 atom stereocenters. The predicted molar refractivity (Wildman–Crippen MR) is 90.4 cm³/mol. The molecule has 1 aliphatic rings. The molecule has 0 unspecified atom stereocenters. The van der Waals surface area contributed by atoms with E-state index >= 15 is 0 Å². The van der Waals surface area contributed by atoms with E-state index in [0.29, 0.717) is 24.3 Å². The Balaban J connectivity index is 1.79. The standard InChI is InChI=1S/C19H19FN2O2/c1-13-4-3-5-15(12-13)19(24)21-10-11-22(18(23)14(21)2)17-8-6-16(20)7-9-17/h3-9,12,14H,10-11H2,1-2H3/t14-/m0/s1. The highest BCUT2D eigenvalue weighted by atomic mass is 19.1. The van der Waals surface area contributed by atoms with E-state index in [-0.39, 0.29) is 17.6 Å². The highest BCUT2D eigenvalue weighted by molar-refractivity contribution is 6.03. The predicted octanol–water partition coefficient (Wildman–Crippen LogP) is 3.01. The van der Waals surface area contributed by atoms with Gasteiger partial charge in [0.2, 0.25) is 5.91 Å². The van der Waals surface area contributed by atoms with E-state index in [2.05, 4.69) is 0 Å². The van der Waals surface area contributed by atoms with Crippen molar-refractivity contribution < 1.29 is 14.0 Å². The zero-order valence-corrected chi connectivity index (χ0v) is 13.7. The summed E-state index contributed by atoms with van der Waals surface area (Å²) in [5.41, 5.74) is 2.24. The molecule has 0 bridgehead atoms. The summed E-state index contributed by atoms with van der Waals surface area (Å²) in [6, 6.07) is 12.6. The Morgan fingerprint density at radius 2 is 1.83 bits per heavy atom. The second-order valence-corrected chi connectivity index (χ2v) is 6.01. The van der Waals surface area contributed by atoms with Crippen LogP contribution in [0.1, 0.15) is 22.8 Å². The van der Waals surface area contributed by atoms with E-state index in [1.165, 1.54) is 12.1 Å². The van der Waals surface area contributed by atoms with Gasteiger partial charge < -0.3 is 9.80 Å². The SMILES string of the molecule is Cc1cccc(C(=O)N2CCN(c3ccc(F)cc3)C(=O)[C@@H]2C)c1. The van der Waals surface area contributed by atoms with Gasteiger partial charge in [0.05, 0.1) is 0 Å². The van der Waals surface area contributed by atoms with Gasteiger partial charge in [-0.25, -0.2) is 4.39 Å². The molecule has 5 heteroatoms. The first-order valence-corrected chi connectivity index (χ1v) is 7.92. The number of hydrogen-bond acceptors (Lipinski definition) is 2. The van der Waals surface area contributed by atoms with Gasteiger partial charge in [-0.3, -0.25) is 9.59 Å². The Hall–Kier alpha value is -2.69. The maximum Gasteiger partial charge on any atom is 0.254 e. The normalized spacial score (nSPS) is 18.0. The van der Waals surface area contributed by atoms with Crippen molar-refractivity contribution in [3.05, 3.63) is 65.5 Å². The first-order valence-electron chi connectivity index (χ1n) is 7.92. The van der Waals surface area contributed by atoms with Gasteiger partial charge in [-0.15, -0.1) is 0 Å². The number of amides is 2. The van der Waals surface area contributed by atoms with Gasteiger partial charge in [0.25, 0.3) is 5.91 Å². The third kappa shape index (κ3) is 3.02. The van der Waals surface area contributed by atoms with Crippen LogP contribution < -0.4 is 4.90 Å². The molecule has 124 valence electrons. The lowest BCUT2D eigenvalue weighted by Gasteiger charge is -2.39. The highest BCUT2D eigenvalue weighted by Crippen LogP contribution is 2.22. The lowest BCUT2D eigenvalue weighted by Crippen LogP contribution is -2.57. The van der Waals surface area contributed by atoms with E-state index in [9.17, 15) is 14.0 Å². The van der Waals surface area contributed by atoms with Crippen molar-refractivity contribution in [1.29, 1.82) is 0 Å². The molecule has 0 N–H and O–H groups in total. The number of halogens is 1. The van der Waals surface area contributed by atoms with Crippen molar-refractivity contribution in [3.63, 3.8) is 0 Å². The van der Waals surface area contributed by atoms with Crippen LogP contribution in [0, 0.1) is 12.7 Å². The van der Waals surface area contributed by atoms with E-state index in [0.717, 1.165) is 5.56 Å². The van der Waals surface area contributed by atoms with Crippen molar-refractivity contribution >= 4 is 17.5 Å². The Labute approximate surface area is 140 Å². The summed E-state index contributed by atoms with van der Waals surface area (Å²) >= 11 is 0. The summed E-state index contributed by atoms with van der Waals surface area (Å²) in [5, 5.41) is 0. The molecule has 0 saturated carbocycles. The molecule has 0 radical (unpaired) electrons. The summed E-state index contributed by atoms with van der Waals surface area (Å²) in [5.74, 6) is -0.639. The Morgan fingerprint density at radius 1 is 1.12 bits per heavy atom. The number of hydrogen-bond donors (Lipinski definition) is 0. The number of benzene rings is 2. The Kier molecular flexibility index (Phi) is 4.34. The minimum absolute atomic E-state index is 0.140. The molecule has 2 amide bonds. The van der Waals surface area contributed by atoms with Crippen LogP contribution in [0.5, 0.6) is 0 Å². The summed E-state index contributed by atoms with van der Waals surface area (Å²) in [6.07, 6.45) is 0. The van der Waals surface area contributed by atoms with Crippen LogP contribution in [0.4, 0.5) is 10.1 Å². The number of nitrogens with zero attached hydrogens (tertiary/aromatic N) is 2. The summed E-state index contributed by atoms with van der Waals surface area (Å²) in [4.78, 5) is 28.6. The molecule has 1 aliphatic heterocycles. The lowest BCUT2D eigenvalue weighted by molar-refractivity contribution is -0.124. The molecular formula is C19H19FN2O2. The quantitative estimate of drug-likeness (QED) is 0.851. The molecule has 0 aliphatic carbocycles. The van der Waals surface area contributed by atoms with Crippen molar-refractivity contribution in [3.8, 4) is 0 Å². The van der Waals surface area contributed by atoms with Gasteiger partial charge in [0.1, 0.15) is 11.9 Å². The molecule has 24 heavy (non-hydrogen) atoms. The fraction of sp³-hybridized carbons (Fsp3) is 0.263. The zero-order valence-electron chi connectivity index (χ0n) is 13.7. The van der Waals surface area contributed by atoms with Gasteiger partial charge in [0.15, 0.2) is 0 Å².